The number of imidazole rings is 1. The summed E-state index contributed by atoms with van der Waals surface area (Å²) in [4.78, 5) is 32.8. The van der Waals surface area contributed by atoms with Gasteiger partial charge in [-0.1, -0.05) is 35.9 Å². The van der Waals surface area contributed by atoms with Gasteiger partial charge in [-0.05, 0) is 64.8 Å². The van der Waals surface area contributed by atoms with Crippen LogP contribution in [-0.2, 0) is 28.1 Å². The lowest BCUT2D eigenvalue weighted by Gasteiger charge is -2.26. The minimum atomic E-state index is -1.06. The lowest BCUT2D eigenvalue weighted by atomic mass is 10.0. The van der Waals surface area contributed by atoms with Gasteiger partial charge < -0.3 is 29.8 Å². The Balaban J connectivity index is 1.48. The van der Waals surface area contributed by atoms with Gasteiger partial charge in [-0.25, -0.2) is 4.98 Å². The van der Waals surface area contributed by atoms with Crippen LogP contribution in [0.2, 0.25) is 5.02 Å². The van der Waals surface area contributed by atoms with Crippen molar-refractivity contribution in [2.75, 3.05) is 39.4 Å². The molecule has 1 saturated heterocycles. The van der Waals surface area contributed by atoms with Crippen molar-refractivity contribution in [2.45, 2.75) is 65.3 Å². The van der Waals surface area contributed by atoms with E-state index in [2.05, 4.69) is 20.5 Å². The number of amides is 2. The molecule has 0 unspecified atom stereocenters. The molecular formula is C33H44ClN5O5. The highest BCUT2D eigenvalue weighted by Gasteiger charge is 2.24. The molecule has 44 heavy (non-hydrogen) atoms. The van der Waals surface area contributed by atoms with Gasteiger partial charge in [0.15, 0.2) is 0 Å². The summed E-state index contributed by atoms with van der Waals surface area (Å²) in [6.07, 6.45) is 2.39. The Labute approximate surface area is 264 Å². The van der Waals surface area contributed by atoms with Crippen LogP contribution in [0.4, 0.5) is 0 Å². The van der Waals surface area contributed by atoms with Crippen LogP contribution in [-0.4, -0.2) is 82.9 Å². The average Bonchev–Trinajstić information content (AvgIpc) is 3.43. The predicted octanol–water partition coefficient (Wildman–Crippen LogP) is 4.03. The molecule has 0 radical (unpaired) electrons. The number of hydrogen-bond acceptors (Lipinski definition) is 7. The average molecular weight is 626 g/mol. The molecule has 1 fully saturated rings. The maximum Gasteiger partial charge on any atom is 0.251 e. The number of carbonyl (C=O) groups excluding carboxylic acids is 2. The van der Waals surface area contributed by atoms with E-state index in [0.717, 1.165) is 16.8 Å². The molecule has 3 N–H and O–H groups in total. The number of halogens is 1. The second-order valence-corrected chi connectivity index (χ2v) is 12.3. The van der Waals surface area contributed by atoms with Gasteiger partial charge in [0.25, 0.3) is 5.91 Å². The number of carbonyl (C=O) groups is 2. The van der Waals surface area contributed by atoms with Gasteiger partial charge in [0.2, 0.25) is 5.91 Å². The molecule has 4 rings (SSSR count). The van der Waals surface area contributed by atoms with Crippen LogP contribution in [0, 0.1) is 0 Å². The largest absolute Gasteiger partial charge is 0.489 e. The SMILES string of the molecule is CCn1cc(-c2ccc(C[C@@H](CNC(=O)CN3CCOCC3)NC(=O)c3ccc(OC(C)C)c(Cl)c3)cc2)nc1C(C)(C)O. The first-order valence-electron chi connectivity index (χ1n) is 15.2. The van der Waals surface area contributed by atoms with Crippen LogP contribution in [0.5, 0.6) is 5.75 Å². The maximum atomic E-state index is 13.3. The van der Waals surface area contributed by atoms with Gasteiger partial charge in [-0.3, -0.25) is 14.5 Å². The zero-order valence-corrected chi connectivity index (χ0v) is 27.0. The number of aryl methyl sites for hydroxylation is 1. The van der Waals surface area contributed by atoms with Gasteiger partial charge in [0.1, 0.15) is 17.2 Å². The first-order chi connectivity index (χ1) is 20.9. The molecule has 1 atom stereocenters. The summed E-state index contributed by atoms with van der Waals surface area (Å²) in [5, 5.41) is 17.0. The lowest BCUT2D eigenvalue weighted by molar-refractivity contribution is -0.123. The van der Waals surface area contributed by atoms with E-state index in [1.165, 1.54) is 0 Å². The molecule has 11 heteroatoms. The molecule has 0 bridgehead atoms. The summed E-state index contributed by atoms with van der Waals surface area (Å²) < 4.78 is 13.0. The molecule has 1 aliphatic rings. The number of nitrogens with zero attached hydrogens (tertiary/aromatic N) is 3. The van der Waals surface area contributed by atoms with Crippen molar-refractivity contribution in [3.63, 3.8) is 0 Å². The number of hydrogen-bond donors (Lipinski definition) is 3. The molecule has 238 valence electrons. The van der Waals surface area contributed by atoms with Crippen molar-refractivity contribution in [2.24, 2.45) is 0 Å². The van der Waals surface area contributed by atoms with E-state index >= 15 is 0 Å². The van der Waals surface area contributed by atoms with Crippen molar-refractivity contribution in [1.29, 1.82) is 0 Å². The second kappa shape index (κ2) is 15.0. The quantitative estimate of drug-likeness (QED) is 0.263. The van der Waals surface area contributed by atoms with E-state index in [0.29, 0.717) is 61.4 Å². The first-order valence-corrected chi connectivity index (χ1v) is 15.5. The summed E-state index contributed by atoms with van der Waals surface area (Å²) >= 11 is 6.39. The van der Waals surface area contributed by atoms with Gasteiger partial charge in [0, 0.05) is 43.5 Å². The fourth-order valence-electron chi connectivity index (χ4n) is 5.07. The Morgan fingerprint density at radius 2 is 1.84 bits per heavy atom. The number of rotatable bonds is 13. The lowest BCUT2D eigenvalue weighted by Crippen LogP contribution is -2.48. The summed E-state index contributed by atoms with van der Waals surface area (Å²) in [7, 11) is 0. The van der Waals surface area contributed by atoms with E-state index in [9.17, 15) is 14.7 Å². The number of benzene rings is 2. The highest BCUT2D eigenvalue weighted by Crippen LogP contribution is 2.27. The summed E-state index contributed by atoms with van der Waals surface area (Å²) in [6.45, 7) is 13.2. The fraction of sp³-hybridized carbons (Fsp3) is 0.485. The number of nitrogens with one attached hydrogen (secondary N) is 2. The minimum absolute atomic E-state index is 0.0464. The Morgan fingerprint density at radius 1 is 1.14 bits per heavy atom. The van der Waals surface area contributed by atoms with Crippen LogP contribution in [0.3, 0.4) is 0 Å². The molecule has 1 aromatic heterocycles. The van der Waals surface area contributed by atoms with E-state index in [1.807, 2.05) is 55.8 Å². The molecule has 3 aromatic rings. The molecule has 0 saturated carbocycles. The Bertz CT molecular complexity index is 1410. The van der Waals surface area contributed by atoms with Crippen LogP contribution in [0.25, 0.3) is 11.3 Å². The molecule has 1 aliphatic heterocycles. The molecule has 2 amide bonds. The van der Waals surface area contributed by atoms with E-state index in [4.69, 9.17) is 21.1 Å². The molecule has 0 aliphatic carbocycles. The molecule has 0 spiro atoms. The zero-order valence-electron chi connectivity index (χ0n) is 26.2. The van der Waals surface area contributed by atoms with Crippen molar-refractivity contribution < 1.29 is 24.2 Å². The third-order valence-corrected chi connectivity index (χ3v) is 7.60. The second-order valence-electron chi connectivity index (χ2n) is 11.9. The number of aromatic nitrogens is 2. The summed E-state index contributed by atoms with van der Waals surface area (Å²) in [5.74, 6) is 0.729. The smallest absolute Gasteiger partial charge is 0.251 e. The van der Waals surface area contributed by atoms with Crippen molar-refractivity contribution in [3.8, 4) is 17.0 Å². The Kier molecular flexibility index (Phi) is 11.4. The van der Waals surface area contributed by atoms with Gasteiger partial charge in [-0.2, -0.15) is 0 Å². The normalized spacial score (nSPS) is 14.8. The number of aliphatic hydroxyl groups is 1. The predicted molar refractivity (Wildman–Crippen MR) is 171 cm³/mol. The topological polar surface area (TPSA) is 118 Å². The maximum absolute atomic E-state index is 13.3. The van der Waals surface area contributed by atoms with Crippen LogP contribution in [0.15, 0.2) is 48.7 Å². The number of morpholine rings is 1. The van der Waals surface area contributed by atoms with Crippen molar-refractivity contribution in [1.82, 2.24) is 25.1 Å². The highest BCUT2D eigenvalue weighted by atomic mass is 35.5. The summed E-state index contributed by atoms with van der Waals surface area (Å²) in [6, 6.07) is 12.5. The third kappa shape index (κ3) is 9.28. The number of ether oxygens (including phenoxy) is 2. The monoisotopic (exact) mass is 625 g/mol. The highest BCUT2D eigenvalue weighted by molar-refractivity contribution is 6.32. The Morgan fingerprint density at radius 3 is 2.43 bits per heavy atom. The Hall–Kier alpha value is -3.44. The first kappa shape index (κ1) is 33.5. The van der Waals surface area contributed by atoms with Crippen LogP contribution >= 0.6 is 11.6 Å². The van der Waals surface area contributed by atoms with Crippen molar-refractivity contribution >= 4 is 23.4 Å². The zero-order chi connectivity index (χ0) is 31.9. The van der Waals surface area contributed by atoms with Crippen LogP contribution in [0.1, 0.15) is 56.4 Å². The van der Waals surface area contributed by atoms with Crippen molar-refractivity contribution in [3.05, 3.63) is 70.6 Å². The van der Waals surface area contributed by atoms with Gasteiger partial charge in [0.05, 0.1) is 42.6 Å². The van der Waals surface area contributed by atoms with E-state index in [-0.39, 0.29) is 37.0 Å². The van der Waals surface area contributed by atoms with E-state index in [1.54, 1.807) is 32.0 Å². The van der Waals surface area contributed by atoms with E-state index < -0.39 is 5.60 Å². The molecule has 2 aromatic carbocycles. The van der Waals surface area contributed by atoms with Gasteiger partial charge >= 0.3 is 0 Å². The molecule has 10 nitrogen and oxygen atoms in total. The standard InChI is InChI=1S/C33H44ClN5O5/c1-6-39-20-28(37-32(39)33(4,5)42)24-9-7-23(8-10-24)17-26(19-35-30(40)21-38-13-15-43-16-14-38)36-31(41)25-11-12-29(27(34)18-25)44-22(2)3/h7-12,18,20,22,26,42H,6,13-17,19,21H2,1-5H3,(H,35,40)(H,36,41)/t26-/m0/s1. The fourth-order valence-corrected chi connectivity index (χ4v) is 5.30. The van der Waals surface area contributed by atoms with Crippen LogP contribution < -0.4 is 15.4 Å². The molecule has 2 heterocycles. The third-order valence-electron chi connectivity index (χ3n) is 7.30. The van der Waals surface area contributed by atoms with Gasteiger partial charge in [-0.15, -0.1) is 0 Å². The summed E-state index contributed by atoms with van der Waals surface area (Å²) in [5.41, 5.74) is 2.03. The molecular weight excluding hydrogens is 582 g/mol. The minimum Gasteiger partial charge on any atom is -0.489 e.